The van der Waals surface area contributed by atoms with E-state index in [1.807, 2.05) is 36.4 Å². The lowest BCUT2D eigenvalue weighted by atomic mass is 9.86. The highest BCUT2D eigenvalue weighted by Crippen LogP contribution is 2.48. The average molecular weight is 631 g/mol. The van der Waals surface area contributed by atoms with Gasteiger partial charge >= 0.3 is 0 Å². The van der Waals surface area contributed by atoms with Gasteiger partial charge < -0.3 is 9.80 Å². The van der Waals surface area contributed by atoms with Crippen LogP contribution < -0.4 is 9.80 Å². The Kier molecular flexibility index (Phi) is 7.17. The number of hydrogen-bond acceptors (Lipinski definition) is 4. The smallest absolute Gasteiger partial charge is 0.0991 e. The van der Waals surface area contributed by atoms with Crippen LogP contribution in [0.25, 0.3) is 32.3 Å². The molecule has 1 atom stereocenters. The molecule has 0 saturated carbocycles. The molecule has 7 aromatic carbocycles. The minimum atomic E-state index is -0.320. The molecule has 0 aliphatic heterocycles. The van der Waals surface area contributed by atoms with Crippen LogP contribution in [0.1, 0.15) is 37.0 Å². The molecule has 0 radical (unpaired) electrons. The molecule has 1 unspecified atom stereocenters. The molecule has 7 aromatic rings. The van der Waals surface area contributed by atoms with Crippen molar-refractivity contribution in [2.24, 2.45) is 0 Å². The third-order valence-electron chi connectivity index (χ3n) is 9.96. The van der Waals surface area contributed by atoms with Gasteiger partial charge in [0.1, 0.15) is 0 Å². The van der Waals surface area contributed by atoms with E-state index < -0.39 is 0 Å². The highest BCUT2D eigenvalue weighted by molar-refractivity contribution is 6.28. The van der Waals surface area contributed by atoms with E-state index in [0.717, 1.165) is 40.2 Å². The van der Waals surface area contributed by atoms with Crippen molar-refractivity contribution in [1.82, 2.24) is 0 Å². The van der Waals surface area contributed by atoms with Gasteiger partial charge in [0.15, 0.2) is 0 Å². The molecule has 0 amide bonds. The van der Waals surface area contributed by atoms with Crippen molar-refractivity contribution in [3.8, 4) is 12.1 Å². The van der Waals surface area contributed by atoms with Gasteiger partial charge in [0.25, 0.3) is 0 Å². The van der Waals surface area contributed by atoms with Gasteiger partial charge in [-0.25, -0.2) is 0 Å². The maximum Gasteiger partial charge on any atom is 0.0991 e. The first-order valence-electron chi connectivity index (χ1n) is 16.6. The molecule has 4 nitrogen and oxygen atoms in total. The Morgan fingerprint density at radius 3 is 1.59 bits per heavy atom. The standard InChI is InChI=1S/C45H34N4/c1-30-4-14-36(15-5-30)48(37-16-6-32(28-46)7-17-37)41-22-12-34-11-21-40-42(23-13-35-10-20-39(41)43(34)44(35)40)49(38-18-8-33(29-47)9-19-38)45(3)26-24-31(2)25-27-45/h4-26H,27H2,1-3H3. The van der Waals surface area contributed by atoms with Gasteiger partial charge in [-0.3, -0.25) is 0 Å². The number of hydrogen-bond donors (Lipinski definition) is 0. The van der Waals surface area contributed by atoms with Crippen LogP contribution in [0.3, 0.4) is 0 Å². The molecule has 1 aliphatic carbocycles. The van der Waals surface area contributed by atoms with Crippen LogP contribution in [0.2, 0.25) is 0 Å². The molecular formula is C45H34N4. The summed E-state index contributed by atoms with van der Waals surface area (Å²) in [6.45, 7) is 6.54. The van der Waals surface area contributed by atoms with E-state index in [4.69, 9.17) is 0 Å². The van der Waals surface area contributed by atoms with E-state index in [1.165, 1.54) is 38.1 Å². The summed E-state index contributed by atoms with van der Waals surface area (Å²) in [5, 5.41) is 26.2. The zero-order valence-corrected chi connectivity index (χ0v) is 27.8. The fourth-order valence-electron chi connectivity index (χ4n) is 7.34. The summed E-state index contributed by atoms with van der Waals surface area (Å²) in [6, 6.07) is 46.8. The SMILES string of the molecule is CC1=CCC(C)(N(c2ccc(C#N)cc2)c2ccc3ccc4c(N(c5ccc(C)cc5)c5ccc(C#N)cc5)ccc5ccc2c3c54)C=C1. The van der Waals surface area contributed by atoms with Gasteiger partial charge in [-0.2, -0.15) is 10.5 Å². The molecule has 0 bridgehead atoms. The average Bonchev–Trinajstić information content (AvgIpc) is 3.14. The van der Waals surface area contributed by atoms with Gasteiger partial charge in [0.05, 0.1) is 34.5 Å². The van der Waals surface area contributed by atoms with Crippen molar-refractivity contribution >= 4 is 60.8 Å². The van der Waals surface area contributed by atoms with E-state index in [9.17, 15) is 10.5 Å². The summed E-state index contributed by atoms with van der Waals surface area (Å²) in [6.07, 6.45) is 7.69. The lowest BCUT2D eigenvalue weighted by Crippen LogP contribution is -2.42. The highest BCUT2D eigenvalue weighted by Gasteiger charge is 2.33. The summed E-state index contributed by atoms with van der Waals surface area (Å²) >= 11 is 0. The van der Waals surface area contributed by atoms with Crippen LogP contribution in [0.15, 0.2) is 145 Å². The van der Waals surface area contributed by atoms with E-state index >= 15 is 0 Å². The normalized spacial score (nSPS) is 15.7. The molecule has 0 saturated heterocycles. The fraction of sp³-hybridized carbons (Fsp3) is 0.111. The van der Waals surface area contributed by atoms with Crippen molar-refractivity contribution in [3.63, 3.8) is 0 Å². The fourth-order valence-corrected chi connectivity index (χ4v) is 7.34. The first-order chi connectivity index (χ1) is 23.9. The number of aryl methyl sites for hydroxylation is 1. The third kappa shape index (κ3) is 5.07. The molecule has 234 valence electrons. The van der Waals surface area contributed by atoms with Gasteiger partial charge in [-0.1, -0.05) is 77.9 Å². The zero-order chi connectivity index (χ0) is 33.7. The lowest BCUT2D eigenvalue weighted by molar-refractivity contribution is 0.568. The first kappa shape index (κ1) is 30.0. The Bertz CT molecular complexity index is 2510. The number of nitrogens with zero attached hydrogens (tertiary/aromatic N) is 4. The Balaban J connectivity index is 1.38. The molecule has 4 heteroatoms. The van der Waals surface area contributed by atoms with Crippen LogP contribution in [-0.2, 0) is 0 Å². The van der Waals surface area contributed by atoms with E-state index in [2.05, 4.69) is 146 Å². The van der Waals surface area contributed by atoms with E-state index in [-0.39, 0.29) is 5.54 Å². The summed E-state index contributed by atoms with van der Waals surface area (Å²) in [5.74, 6) is 0. The molecular weight excluding hydrogens is 597 g/mol. The number of anilines is 5. The highest BCUT2D eigenvalue weighted by atomic mass is 15.2. The minimum absolute atomic E-state index is 0.320. The van der Waals surface area contributed by atoms with Crippen LogP contribution in [0, 0.1) is 29.6 Å². The maximum absolute atomic E-state index is 9.55. The first-order valence-corrected chi connectivity index (χ1v) is 16.6. The largest absolute Gasteiger partial charge is 0.331 e. The number of rotatable bonds is 6. The van der Waals surface area contributed by atoms with Crippen molar-refractivity contribution < 1.29 is 0 Å². The van der Waals surface area contributed by atoms with Gasteiger partial charge in [-0.05, 0) is 122 Å². The van der Waals surface area contributed by atoms with Crippen LogP contribution >= 0.6 is 0 Å². The minimum Gasteiger partial charge on any atom is -0.331 e. The van der Waals surface area contributed by atoms with Gasteiger partial charge in [0, 0.05) is 33.5 Å². The molecule has 1 aliphatic rings. The topological polar surface area (TPSA) is 54.1 Å². The second kappa shape index (κ2) is 11.7. The van der Waals surface area contributed by atoms with Crippen LogP contribution in [0.5, 0.6) is 0 Å². The lowest BCUT2D eigenvalue weighted by Gasteiger charge is -2.43. The molecule has 0 heterocycles. The van der Waals surface area contributed by atoms with Crippen molar-refractivity contribution in [1.29, 1.82) is 10.5 Å². The summed E-state index contributed by atoms with van der Waals surface area (Å²) in [4.78, 5) is 4.73. The predicted octanol–water partition coefficient (Wildman–Crippen LogP) is 11.9. The molecule has 0 fully saturated rings. The monoisotopic (exact) mass is 630 g/mol. The quantitative estimate of drug-likeness (QED) is 0.172. The zero-order valence-electron chi connectivity index (χ0n) is 27.8. The van der Waals surface area contributed by atoms with Crippen molar-refractivity contribution in [3.05, 3.63) is 162 Å². The van der Waals surface area contributed by atoms with E-state index in [0.29, 0.717) is 11.1 Å². The summed E-state index contributed by atoms with van der Waals surface area (Å²) in [5.41, 5.74) is 8.71. The van der Waals surface area contributed by atoms with Crippen molar-refractivity contribution in [2.75, 3.05) is 9.80 Å². The molecule has 0 N–H and O–H groups in total. The Morgan fingerprint density at radius 1 is 0.571 bits per heavy atom. The van der Waals surface area contributed by atoms with Crippen LogP contribution in [-0.4, -0.2) is 5.54 Å². The molecule has 49 heavy (non-hydrogen) atoms. The number of benzene rings is 7. The second-order valence-electron chi connectivity index (χ2n) is 13.3. The maximum atomic E-state index is 9.55. The van der Waals surface area contributed by atoms with Gasteiger partial charge in [0.2, 0.25) is 0 Å². The van der Waals surface area contributed by atoms with Gasteiger partial charge in [-0.15, -0.1) is 0 Å². The van der Waals surface area contributed by atoms with Crippen LogP contribution in [0.4, 0.5) is 28.4 Å². The molecule has 0 aromatic heterocycles. The number of allylic oxidation sites excluding steroid dienone is 2. The number of nitriles is 2. The molecule has 8 rings (SSSR count). The Labute approximate surface area is 287 Å². The Morgan fingerprint density at radius 2 is 1.06 bits per heavy atom. The summed E-state index contributed by atoms with van der Waals surface area (Å²) in [7, 11) is 0. The Hall–Kier alpha value is -6.36. The third-order valence-corrected chi connectivity index (χ3v) is 9.96. The van der Waals surface area contributed by atoms with E-state index in [1.54, 1.807) is 0 Å². The predicted molar refractivity (Wildman–Crippen MR) is 203 cm³/mol. The molecule has 0 spiro atoms. The summed E-state index contributed by atoms with van der Waals surface area (Å²) < 4.78 is 0. The second-order valence-corrected chi connectivity index (χ2v) is 13.3. The van der Waals surface area contributed by atoms with Crippen molar-refractivity contribution in [2.45, 2.75) is 32.7 Å².